The summed E-state index contributed by atoms with van der Waals surface area (Å²) < 4.78 is 5.51. The van der Waals surface area contributed by atoms with Crippen molar-refractivity contribution in [1.82, 2.24) is 20.8 Å². The largest absolute Gasteiger partial charge is 0.422 e. The molecule has 0 aromatic carbocycles. The van der Waals surface area contributed by atoms with Crippen molar-refractivity contribution in [2.45, 2.75) is 44.7 Å². The van der Waals surface area contributed by atoms with E-state index in [9.17, 15) is 4.79 Å². The molecular weight excluding hydrogens is 320 g/mol. The van der Waals surface area contributed by atoms with E-state index in [0.717, 1.165) is 45.2 Å². The van der Waals surface area contributed by atoms with Crippen LogP contribution in [0.3, 0.4) is 0 Å². The zero-order valence-electron chi connectivity index (χ0n) is 13.3. The Balaban J connectivity index is 0.00000264. The van der Waals surface area contributed by atoms with Crippen molar-refractivity contribution < 1.29 is 9.21 Å². The van der Waals surface area contributed by atoms with Crippen LogP contribution in [0.4, 0.5) is 0 Å². The Morgan fingerprint density at radius 1 is 1.30 bits per heavy atom. The average molecular weight is 347 g/mol. The lowest BCUT2D eigenvalue weighted by molar-refractivity contribution is -0.126. The Hall–Kier alpha value is -1.22. The van der Waals surface area contributed by atoms with Crippen LogP contribution in [0.25, 0.3) is 0 Å². The summed E-state index contributed by atoms with van der Waals surface area (Å²) in [6, 6.07) is -0.262. The monoisotopic (exact) mass is 346 g/mol. The molecule has 1 fully saturated rings. The highest BCUT2D eigenvalue weighted by molar-refractivity contribution is 5.85. The molecule has 1 aliphatic heterocycles. The number of carbonyl (C=O) groups excluding carboxylic acids is 1. The fourth-order valence-electron chi connectivity index (χ4n) is 2.61. The highest BCUT2D eigenvalue weighted by atomic mass is 35.5. The molecule has 1 aromatic heterocycles. The van der Waals surface area contributed by atoms with Gasteiger partial charge in [-0.25, -0.2) is 0 Å². The standard InChI is InChI=1S/C14H26N6O2.ClH/c15-6-2-1-3-11(14-20-19-12(9-16)22-14)18-13(21)10-4-7-17-8-5-10;/h10-11,17H,1-9,15-16H2,(H,18,21);1H/t11-;/m0./s1. The highest BCUT2D eigenvalue weighted by Gasteiger charge is 2.26. The summed E-state index contributed by atoms with van der Waals surface area (Å²) in [6.45, 7) is 2.60. The molecule has 8 nitrogen and oxygen atoms in total. The van der Waals surface area contributed by atoms with E-state index in [-0.39, 0.29) is 36.8 Å². The number of piperidine rings is 1. The number of unbranched alkanes of at least 4 members (excludes halogenated alkanes) is 1. The Bertz CT molecular complexity index is 464. The quantitative estimate of drug-likeness (QED) is 0.495. The number of hydrogen-bond acceptors (Lipinski definition) is 7. The van der Waals surface area contributed by atoms with Crippen LogP contribution in [-0.4, -0.2) is 35.7 Å². The van der Waals surface area contributed by atoms with Crippen LogP contribution in [0, 0.1) is 5.92 Å². The number of nitrogens with zero attached hydrogens (tertiary/aromatic N) is 2. The van der Waals surface area contributed by atoms with E-state index in [1.54, 1.807) is 0 Å². The van der Waals surface area contributed by atoms with Crippen LogP contribution in [0.2, 0.25) is 0 Å². The van der Waals surface area contributed by atoms with Gasteiger partial charge in [0.25, 0.3) is 0 Å². The summed E-state index contributed by atoms with van der Waals surface area (Å²) in [7, 11) is 0. The van der Waals surface area contributed by atoms with E-state index in [4.69, 9.17) is 15.9 Å². The maximum Gasteiger partial charge on any atom is 0.238 e. The van der Waals surface area contributed by atoms with Gasteiger partial charge in [0.2, 0.25) is 17.7 Å². The Morgan fingerprint density at radius 3 is 2.65 bits per heavy atom. The van der Waals surface area contributed by atoms with Crippen molar-refractivity contribution >= 4 is 18.3 Å². The van der Waals surface area contributed by atoms with E-state index >= 15 is 0 Å². The first kappa shape index (κ1) is 19.8. The van der Waals surface area contributed by atoms with Gasteiger partial charge in [0.05, 0.1) is 6.54 Å². The molecule has 0 aliphatic carbocycles. The maximum absolute atomic E-state index is 12.4. The van der Waals surface area contributed by atoms with Gasteiger partial charge in [0, 0.05) is 5.92 Å². The minimum Gasteiger partial charge on any atom is -0.422 e. The highest BCUT2D eigenvalue weighted by Crippen LogP contribution is 2.20. The summed E-state index contributed by atoms with van der Waals surface area (Å²) in [6.07, 6.45) is 4.25. The van der Waals surface area contributed by atoms with Gasteiger partial charge in [-0.15, -0.1) is 22.6 Å². The Morgan fingerprint density at radius 2 is 2.04 bits per heavy atom. The third kappa shape index (κ3) is 6.06. The molecule has 1 saturated heterocycles. The summed E-state index contributed by atoms with van der Waals surface area (Å²) in [4.78, 5) is 12.4. The number of nitrogens with two attached hydrogens (primary N) is 2. The summed E-state index contributed by atoms with van der Waals surface area (Å²) >= 11 is 0. The number of aromatic nitrogens is 2. The Labute approximate surface area is 142 Å². The van der Waals surface area contributed by atoms with Crippen molar-refractivity contribution in [2.24, 2.45) is 17.4 Å². The number of carbonyl (C=O) groups is 1. The number of nitrogens with one attached hydrogen (secondary N) is 2. The molecule has 0 unspecified atom stereocenters. The van der Waals surface area contributed by atoms with Gasteiger partial charge in [0.15, 0.2) is 0 Å². The zero-order valence-corrected chi connectivity index (χ0v) is 14.1. The molecule has 132 valence electrons. The minimum atomic E-state index is -0.262. The Kier molecular flexibility index (Phi) is 9.08. The minimum absolute atomic E-state index is 0. The van der Waals surface area contributed by atoms with Gasteiger partial charge in [-0.1, -0.05) is 0 Å². The SMILES string of the molecule is Cl.NCCCC[C@H](NC(=O)C1CCNCC1)c1nnc(CN)o1. The molecule has 23 heavy (non-hydrogen) atoms. The van der Waals surface area contributed by atoms with E-state index in [0.29, 0.717) is 18.3 Å². The average Bonchev–Trinajstić information content (AvgIpc) is 3.04. The van der Waals surface area contributed by atoms with Crippen LogP contribution in [0.15, 0.2) is 4.42 Å². The van der Waals surface area contributed by atoms with Gasteiger partial charge in [-0.05, 0) is 51.7 Å². The number of hydrogen-bond donors (Lipinski definition) is 4. The molecule has 0 radical (unpaired) electrons. The summed E-state index contributed by atoms with van der Waals surface area (Å²) in [5, 5.41) is 14.2. The fraction of sp³-hybridized carbons (Fsp3) is 0.786. The zero-order chi connectivity index (χ0) is 15.8. The molecule has 6 N–H and O–H groups in total. The lowest BCUT2D eigenvalue weighted by Crippen LogP contribution is -2.39. The first-order valence-electron chi connectivity index (χ1n) is 7.98. The first-order chi connectivity index (χ1) is 10.7. The van der Waals surface area contributed by atoms with Crippen molar-refractivity contribution in [1.29, 1.82) is 0 Å². The van der Waals surface area contributed by atoms with E-state index in [2.05, 4.69) is 20.8 Å². The predicted octanol–water partition coefficient (Wildman–Crippen LogP) is 0.236. The van der Waals surface area contributed by atoms with Crippen molar-refractivity contribution in [2.75, 3.05) is 19.6 Å². The van der Waals surface area contributed by atoms with Crippen molar-refractivity contribution in [3.63, 3.8) is 0 Å². The summed E-state index contributed by atoms with van der Waals surface area (Å²) in [5.41, 5.74) is 11.0. The third-order valence-electron chi connectivity index (χ3n) is 3.93. The second-order valence-corrected chi connectivity index (χ2v) is 5.61. The topological polar surface area (TPSA) is 132 Å². The molecule has 1 aliphatic rings. The fourth-order valence-corrected chi connectivity index (χ4v) is 2.61. The smallest absolute Gasteiger partial charge is 0.238 e. The molecule has 1 amide bonds. The molecule has 1 aromatic rings. The maximum atomic E-state index is 12.4. The molecule has 2 heterocycles. The summed E-state index contributed by atoms with van der Waals surface area (Å²) in [5.74, 6) is 0.927. The second kappa shape index (κ2) is 10.5. The lowest BCUT2D eigenvalue weighted by atomic mass is 9.96. The van der Waals surface area contributed by atoms with E-state index < -0.39 is 0 Å². The molecule has 2 rings (SSSR count). The third-order valence-corrected chi connectivity index (χ3v) is 3.93. The molecule has 0 bridgehead atoms. The number of rotatable bonds is 8. The number of amides is 1. The molecule has 0 saturated carbocycles. The molecule has 0 spiro atoms. The van der Waals surface area contributed by atoms with E-state index in [1.165, 1.54) is 0 Å². The van der Waals surface area contributed by atoms with E-state index in [1.807, 2.05) is 0 Å². The van der Waals surface area contributed by atoms with Crippen LogP contribution < -0.4 is 22.1 Å². The second-order valence-electron chi connectivity index (χ2n) is 5.61. The predicted molar refractivity (Wildman–Crippen MR) is 88.8 cm³/mol. The van der Waals surface area contributed by atoms with Gasteiger partial charge >= 0.3 is 0 Å². The van der Waals surface area contributed by atoms with Crippen molar-refractivity contribution in [3.05, 3.63) is 11.8 Å². The van der Waals surface area contributed by atoms with Crippen LogP contribution in [0.1, 0.15) is 49.9 Å². The molecule has 9 heteroatoms. The molecular formula is C14H27ClN6O2. The van der Waals surface area contributed by atoms with Gasteiger partial charge in [-0.2, -0.15) is 0 Å². The van der Waals surface area contributed by atoms with Gasteiger partial charge < -0.3 is 26.5 Å². The lowest BCUT2D eigenvalue weighted by Gasteiger charge is -2.24. The molecule has 1 atom stereocenters. The van der Waals surface area contributed by atoms with Crippen LogP contribution in [0.5, 0.6) is 0 Å². The van der Waals surface area contributed by atoms with Crippen molar-refractivity contribution in [3.8, 4) is 0 Å². The van der Waals surface area contributed by atoms with Crippen LogP contribution >= 0.6 is 12.4 Å². The number of halogens is 1. The van der Waals surface area contributed by atoms with Gasteiger partial charge in [-0.3, -0.25) is 4.79 Å². The normalized spacial score (nSPS) is 16.6. The van der Waals surface area contributed by atoms with Crippen LogP contribution in [-0.2, 0) is 11.3 Å². The van der Waals surface area contributed by atoms with Gasteiger partial charge in [0.1, 0.15) is 6.04 Å². The first-order valence-corrected chi connectivity index (χ1v) is 7.98.